The van der Waals surface area contributed by atoms with Crippen molar-refractivity contribution in [1.82, 2.24) is 0 Å². The highest BCUT2D eigenvalue weighted by Gasteiger charge is 2.13. The van der Waals surface area contributed by atoms with E-state index in [0.29, 0.717) is 24.2 Å². The third-order valence-electron chi connectivity index (χ3n) is 2.52. The van der Waals surface area contributed by atoms with Gasteiger partial charge in [-0.25, -0.2) is 0 Å². The highest BCUT2D eigenvalue weighted by molar-refractivity contribution is 8.76. The van der Waals surface area contributed by atoms with Gasteiger partial charge in [0.15, 0.2) is 5.78 Å². The Hall–Kier alpha value is -1.74. The van der Waals surface area contributed by atoms with Crippen LogP contribution < -0.4 is 4.74 Å². The minimum Gasteiger partial charge on any atom is -0.426 e. The second-order valence-electron chi connectivity index (χ2n) is 4.32. The molecule has 0 bridgehead atoms. The van der Waals surface area contributed by atoms with Crippen molar-refractivity contribution in [3.05, 3.63) is 39.9 Å². The molecule has 0 unspecified atom stereocenters. The van der Waals surface area contributed by atoms with Gasteiger partial charge in [-0.15, -0.1) is 10.1 Å². The minimum atomic E-state index is -0.815. The summed E-state index contributed by atoms with van der Waals surface area (Å²) in [6, 6.07) is 6.65. The van der Waals surface area contributed by atoms with Gasteiger partial charge in [0.25, 0.3) is 5.09 Å². The Kier molecular flexibility index (Phi) is 9.15. The molecule has 0 atom stereocenters. The monoisotopic (exact) mass is 359 g/mol. The lowest BCUT2D eigenvalue weighted by Crippen LogP contribution is -2.07. The second kappa shape index (κ2) is 10.9. The Morgan fingerprint density at radius 3 is 2.61 bits per heavy atom. The number of carbonyl (C=O) groups excluding carboxylic acids is 2. The van der Waals surface area contributed by atoms with Gasteiger partial charge in [0.1, 0.15) is 12.4 Å². The lowest BCUT2D eigenvalue weighted by molar-refractivity contribution is -0.756. The molecule has 23 heavy (non-hydrogen) atoms. The first-order valence-corrected chi connectivity index (χ1v) is 9.32. The molecule has 1 rings (SSSR count). The molecular formula is C14H17NO6S2. The molecule has 0 spiro atoms. The topological polar surface area (TPSA) is 95.7 Å². The molecule has 0 aliphatic heterocycles. The molecule has 0 saturated carbocycles. The molecule has 0 radical (unpaired) electrons. The largest absolute Gasteiger partial charge is 0.426 e. The highest BCUT2D eigenvalue weighted by atomic mass is 33.1. The average molecular weight is 359 g/mol. The van der Waals surface area contributed by atoms with E-state index in [-0.39, 0.29) is 18.1 Å². The zero-order valence-electron chi connectivity index (χ0n) is 12.6. The smallest absolute Gasteiger partial charge is 0.308 e. The molecule has 9 heteroatoms. The van der Waals surface area contributed by atoms with Crippen LogP contribution in [0.3, 0.4) is 0 Å². The molecule has 0 saturated heterocycles. The fourth-order valence-electron chi connectivity index (χ4n) is 1.63. The van der Waals surface area contributed by atoms with E-state index in [1.165, 1.54) is 28.5 Å². The summed E-state index contributed by atoms with van der Waals surface area (Å²) in [6.45, 7) is 1.34. The van der Waals surface area contributed by atoms with Gasteiger partial charge < -0.3 is 9.57 Å². The summed E-state index contributed by atoms with van der Waals surface area (Å²) in [7, 11) is 2.99. The first kappa shape index (κ1) is 19.3. The molecule has 0 aromatic heterocycles. The summed E-state index contributed by atoms with van der Waals surface area (Å²) in [5, 5.41) is 9.12. The van der Waals surface area contributed by atoms with Crippen LogP contribution in [0.25, 0.3) is 0 Å². The van der Waals surface area contributed by atoms with Gasteiger partial charge in [-0.2, -0.15) is 0 Å². The Bertz CT molecular complexity index is 552. The summed E-state index contributed by atoms with van der Waals surface area (Å²) < 4.78 is 5.02. The predicted molar refractivity (Wildman–Crippen MR) is 89.2 cm³/mol. The van der Waals surface area contributed by atoms with Gasteiger partial charge in [-0.05, 0) is 18.6 Å². The summed E-state index contributed by atoms with van der Waals surface area (Å²) in [4.78, 5) is 37.3. The van der Waals surface area contributed by atoms with Gasteiger partial charge >= 0.3 is 5.97 Å². The summed E-state index contributed by atoms with van der Waals surface area (Å²) in [5.74, 6) is 0.988. The molecule has 0 aliphatic rings. The molecule has 0 amide bonds. The van der Waals surface area contributed by atoms with E-state index in [2.05, 4.69) is 4.84 Å². The Balaban J connectivity index is 2.27. The molecule has 0 heterocycles. The fourth-order valence-corrected chi connectivity index (χ4v) is 3.54. The molecule has 126 valence electrons. The Morgan fingerprint density at radius 2 is 1.91 bits per heavy atom. The van der Waals surface area contributed by atoms with Crippen LogP contribution in [0.4, 0.5) is 0 Å². The molecule has 0 aliphatic carbocycles. The van der Waals surface area contributed by atoms with Crippen LogP contribution in [0, 0.1) is 10.1 Å². The van der Waals surface area contributed by atoms with Crippen LogP contribution in [0.2, 0.25) is 0 Å². The molecule has 7 nitrogen and oxygen atoms in total. The van der Waals surface area contributed by atoms with Gasteiger partial charge in [0.2, 0.25) is 0 Å². The SMILES string of the molecule is CC(=O)Oc1ccccc1C(=O)CCCSSCCO[N+](=O)[O-]. The van der Waals surface area contributed by atoms with E-state index >= 15 is 0 Å². The maximum atomic E-state index is 12.2. The maximum absolute atomic E-state index is 12.2. The van der Waals surface area contributed by atoms with Crippen LogP contribution in [0.15, 0.2) is 24.3 Å². The fraction of sp³-hybridized carbons (Fsp3) is 0.429. The standard InChI is InChI=1S/C14H17NO6S2/c1-11(16)21-14-7-3-2-5-12(14)13(17)6-4-9-22-23-10-8-20-15(18)19/h2-3,5,7H,4,6,8-10H2,1H3. The molecule has 1 aromatic rings. The number of esters is 1. The third-order valence-corrected chi connectivity index (χ3v) is 4.97. The van der Waals surface area contributed by atoms with E-state index in [0.717, 1.165) is 5.75 Å². The Labute approximate surface area is 141 Å². The van der Waals surface area contributed by atoms with Gasteiger partial charge in [0, 0.05) is 24.9 Å². The summed E-state index contributed by atoms with van der Waals surface area (Å²) in [5.41, 5.74) is 0.403. The number of hydrogen-bond acceptors (Lipinski definition) is 8. The predicted octanol–water partition coefficient (Wildman–Crippen LogP) is 3.16. The van der Waals surface area contributed by atoms with Crippen molar-refractivity contribution in [2.75, 3.05) is 18.1 Å². The zero-order valence-corrected chi connectivity index (χ0v) is 14.2. The number of ether oxygens (including phenoxy) is 1. The van der Waals surface area contributed by atoms with Crippen molar-refractivity contribution in [3.63, 3.8) is 0 Å². The van der Waals surface area contributed by atoms with Crippen molar-refractivity contribution < 1.29 is 24.3 Å². The van der Waals surface area contributed by atoms with Crippen molar-refractivity contribution in [1.29, 1.82) is 0 Å². The first-order valence-electron chi connectivity index (χ1n) is 6.83. The van der Waals surface area contributed by atoms with Crippen LogP contribution in [0.5, 0.6) is 5.75 Å². The minimum absolute atomic E-state index is 0.0549. The molecular weight excluding hydrogens is 342 g/mol. The molecule has 0 N–H and O–H groups in total. The van der Waals surface area contributed by atoms with Gasteiger partial charge in [-0.1, -0.05) is 33.7 Å². The van der Waals surface area contributed by atoms with Gasteiger partial charge in [0.05, 0.1) is 5.56 Å². The lowest BCUT2D eigenvalue weighted by Gasteiger charge is -2.07. The number of para-hydroxylation sites is 1. The van der Waals surface area contributed by atoms with Crippen molar-refractivity contribution in [2.24, 2.45) is 0 Å². The summed E-state index contributed by atoms with van der Waals surface area (Å²) >= 11 is 0. The van der Waals surface area contributed by atoms with Crippen molar-refractivity contribution in [2.45, 2.75) is 19.8 Å². The number of benzene rings is 1. The number of nitrogens with zero attached hydrogens (tertiary/aromatic N) is 1. The molecule has 0 fully saturated rings. The van der Waals surface area contributed by atoms with Crippen LogP contribution in [-0.2, 0) is 9.63 Å². The first-order chi connectivity index (χ1) is 11.0. The average Bonchev–Trinajstić information content (AvgIpc) is 2.49. The van der Waals surface area contributed by atoms with E-state index in [1.54, 1.807) is 24.3 Å². The maximum Gasteiger partial charge on any atom is 0.308 e. The highest BCUT2D eigenvalue weighted by Crippen LogP contribution is 2.24. The van der Waals surface area contributed by atoms with Crippen molar-refractivity contribution >= 4 is 33.3 Å². The second-order valence-corrected chi connectivity index (χ2v) is 7.02. The van der Waals surface area contributed by atoms with Crippen LogP contribution in [0.1, 0.15) is 30.1 Å². The Morgan fingerprint density at radius 1 is 1.22 bits per heavy atom. The van der Waals surface area contributed by atoms with E-state index in [9.17, 15) is 19.7 Å². The number of ketones is 1. The zero-order chi connectivity index (χ0) is 17.1. The number of rotatable bonds is 11. The number of Topliss-reactive ketones (excluding diaryl/α,β-unsaturated/α-hetero) is 1. The van der Waals surface area contributed by atoms with E-state index < -0.39 is 11.1 Å². The normalized spacial score (nSPS) is 10.1. The van der Waals surface area contributed by atoms with Gasteiger partial charge in [-0.3, -0.25) is 9.59 Å². The van der Waals surface area contributed by atoms with E-state index in [4.69, 9.17) is 4.74 Å². The van der Waals surface area contributed by atoms with Crippen LogP contribution >= 0.6 is 21.6 Å². The number of hydrogen-bond donors (Lipinski definition) is 0. The lowest BCUT2D eigenvalue weighted by atomic mass is 10.1. The quantitative estimate of drug-likeness (QED) is 0.113. The summed E-state index contributed by atoms with van der Waals surface area (Å²) in [6.07, 6.45) is 1.01. The van der Waals surface area contributed by atoms with E-state index in [1.807, 2.05) is 0 Å². The van der Waals surface area contributed by atoms with Crippen LogP contribution in [-0.4, -0.2) is 35.0 Å². The number of carbonyl (C=O) groups is 2. The van der Waals surface area contributed by atoms with Crippen molar-refractivity contribution in [3.8, 4) is 5.75 Å². The third kappa shape index (κ3) is 8.46. The molecule has 1 aromatic carbocycles.